The molecule has 3 heterocycles. The summed E-state index contributed by atoms with van der Waals surface area (Å²) in [4.78, 5) is 12.0. The predicted molar refractivity (Wildman–Crippen MR) is 119 cm³/mol. The summed E-state index contributed by atoms with van der Waals surface area (Å²) in [6.07, 6.45) is 11.1. The van der Waals surface area contributed by atoms with E-state index in [1.807, 2.05) is 78.7 Å². The molecule has 0 fully saturated rings. The molecule has 0 unspecified atom stereocenters. The molecule has 0 spiro atoms. The average Bonchev–Trinajstić information content (AvgIpc) is 2.54. The van der Waals surface area contributed by atoms with Crippen molar-refractivity contribution in [3.63, 3.8) is 0 Å². The van der Waals surface area contributed by atoms with E-state index >= 15 is 0 Å². The Bertz CT molecular complexity index is 656. The van der Waals surface area contributed by atoms with Gasteiger partial charge in [0.2, 0.25) is 0 Å². The van der Waals surface area contributed by atoms with Crippen molar-refractivity contribution in [3.05, 3.63) is 88.8 Å². The summed E-state index contributed by atoms with van der Waals surface area (Å²) in [5.41, 5.74) is 7.36. The third kappa shape index (κ3) is 17.0. The standard InChI is InChI=1S/3C7H9N.3ClH.Cr/c3*1-6-3-7(2)5-8-4-6;;;;/h3*3-5H,1-2H3;3*1H;/q;;;;;;+3/p-3. The average molecular weight is 480 g/mol. The maximum absolute atomic E-state index is 4.93. The fourth-order valence-corrected chi connectivity index (χ4v) is 2.12. The molecule has 153 valence electrons. The van der Waals surface area contributed by atoms with Crippen LogP contribution in [-0.4, -0.2) is 15.0 Å². The predicted octanol–water partition coefficient (Wildman–Crippen LogP) is 7.16. The van der Waals surface area contributed by atoms with Crippen LogP contribution < -0.4 is 0 Å². The normalized spacial score (nSPS) is 9.21. The van der Waals surface area contributed by atoms with E-state index in [1.54, 1.807) is 0 Å². The third-order valence-corrected chi connectivity index (χ3v) is 3.04. The van der Waals surface area contributed by atoms with E-state index in [2.05, 4.69) is 33.2 Å². The fourth-order valence-electron chi connectivity index (χ4n) is 2.12. The van der Waals surface area contributed by atoms with Crippen LogP contribution in [0.4, 0.5) is 0 Å². The number of aromatic nitrogens is 3. The monoisotopic (exact) mass is 478 g/mol. The van der Waals surface area contributed by atoms with Crippen molar-refractivity contribution in [1.29, 1.82) is 0 Å². The first-order valence-electron chi connectivity index (χ1n) is 8.48. The Balaban J connectivity index is 0.000000358. The summed E-state index contributed by atoms with van der Waals surface area (Å²) in [5, 5.41) is 0. The van der Waals surface area contributed by atoms with E-state index in [4.69, 9.17) is 30.1 Å². The Kier molecular flexibility index (Phi) is 15.1. The minimum atomic E-state index is -1.62. The maximum atomic E-state index is 4.93. The van der Waals surface area contributed by atoms with Crippen LogP contribution in [0, 0.1) is 41.5 Å². The second kappa shape index (κ2) is 15.7. The van der Waals surface area contributed by atoms with Crippen molar-refractivity contribution in [1.82, 2.24) is 15.0 Å². The van der Waals surface area contributed by atoms with Gasteiger partial charge in [-0.1, -0.05) is 18.2 Å². The summed E-state index contributed by atoms with van der Waals surface area (Å²) >= 11 is -1.62. The van der Waals surface area contributed by atoms with Gasteiger partial charge in [-0.3, -0.25) is 15.0 Å². The quantitative estimate of drug-likeness (QED) is 0.343. The van der Waals surface area contributed by atoms with E-state index in [-0.39, 0.29) is 0 Å². The first-order chi connectivity index (χ1) is 13.1. The van der Waals surface area contributed by atoms with E-state index in [0.29, 0.717) is 0 Å². The second-order valence-corrected chi connectivity index (χ2v) is 12.6. The van der Waals surface area contributed by atoms with Gasteiger partial charge in [0.1, 0.15) is 0 Å². The van der Waals surface area contributed by atoms with Crippen molar-refractivity contribution in [2.45, 2.75) is 41.5 Å². The Morgan fingerprint density at radius 3 is 0.679 bits per heavy atom. The number of halogens is 3. The van der Waals surface area contributed by atoms with Crippen LogP contribution in [0.3, 0.4) is 0 Å². The molecule has 0 saturated heterocycles. The molecule has 0 atom stereocenters. The van der Waals surface area contributed by atoms with Crippen LogP contribution in [0.25, 0.3) is 0 Å². The number of pyridine rings is 3. The number of aryl methyl sites for hydroxylation is 6. The molecule has 0 bridgehead atoms. The van der Waals surface area contributed by atoms with Gasteiger partial charge in [0.05, 0.1) is 0 Å². The van der Waals surface area contributed by atoms with E-state index < -0.39 is 11.4 Å². The number of nitrogens with zero attached hydrogens (tertiary/aromatic N) is 3. The number of rotatable bonds is 0. The molecule has 28 heavy (non-hydrogen) atoms. The zero-order valence-electron chi connectivity index (χ0n) is 17.1. The Labute approximate surface area is 186 Å². The summed E-state index contributed by atoms with van der Waals surface area (Å²) in [6.45, 7) is 12.2. The molecule has 0 N–H and O–H groups in total. The summed E-state index contributed by atoms with van der Waals surface area (Å²) < 4.78 is 0. The van der Waals surface area contributed by atoms with Gasteiger partial charge in [-0.05, 0) is 74.9 Å². The van der Waals surface area contributed by atoms with Gasteiger partial charge in [0, 0.05) is 37.2 Å². The minimum absolute atomic E-state index is 1.23. The zero-order chi connectivity index (χ0) is 21.5. The molecule has 0 aromatic carbocycles. The van der Waals surface area contributed by atoms with Gasteiger partial charge in [-0.2, -0.15) is 0 Å². The molecule has 3 nitrogen and oxygen atoms in total. The molecular weight excluding hydrogens is 453 g/mol. The van der Waals surface area contributed by atoms with Gasteiger partial charge in [-0.15, -0.1) is 0 Å². The Morgan fingerprint density at radius 2 is 0.607 bits per heavy atom. The molecule has 0 aliphatic carbocycles. The molecule has 0 amide bonds. The van der Waals surface area contributed by atoms with Crippen molar-refractivity contribution in [2.75, 3.05) is 0 Å². The molecule has 3 rings (SSSR count). The first kappa shape index (κ1) is 26.9. The molecular formula is C21H27Cl3CrN3. The number of hydrogen-bond acceptors (Lipinski definition) is 3. The van der Waals surface area contributed by atoms with Crippen LogP contribution in [0.5, 0.6) is 0 Å². The van der Waals surface area contributed by atoms with Crippen molar-refractivity contribution < 1.29 is 11.4 Å². The van der Waals surface area contributed by atoms with Crippen LogP contribution in [0.2, 0.25) is 0 Å². The van der Waals surface area contributed by atoms with Crippen LogP contribution in [0.1, 0.15) is 33.4 Å². The van der Waals surface area contributed by atoms with E-state index in [9.17, 15) is 0 Å². The summed E-state index contributed by atoms with van der Waals surface area (Å²) in [7, 11) is 14.8. The molecule has 7 heteroatoms. The number of hydrogen-bond donors (Lipinski definition) is 0. The molecule has 3 aromatic rings. The second-order valence-electron chi connectivity index (χ2n) is 6.29. The van der Waals surface area contributed by atoms with Gasteiger partial charge >= 0.3 is 41.5 Å². The topological polar surface area (TPSA) is 38.7 Å². The molecule has 0 aliphatic rings. The van der Waals surface area contributed by atoms with Crippen LogP contribution >= 0.6 is 30.1 Å². The molecule has 0 radical (unpaired) electrons. The van der Waals surface area contributed by atoms with Crippen molar-refractivity contribution in [3.8, 4) is 0 Å². The first-order valence-corrected chi connectivity index (χ1v) is 13.7. The van der Waals surface area contributed by atoms with Crippen molar-refractivity contribution in [2.24, 2.45) is 0 Å². The molecule has 3 aromatic heterocycles. The van der Waals surface area contributed by atoms with E-state index in [1.165, 1.54) is 33.4 Å². The molecule has 0 aliphatic heterocycles. The van der Waals surface area contributed by atoms with Crippen molar-refractivity contribution >= 4 is 30.1 Å². The van der Waals surface area contributed by atoms with Crippen LogP contribution in [0.15, 0.2) is 55.4 Å². The van der Waals surface area contributed by atoms with Crippen LogP contribution in [-0.2, 0) is 11.4 Å². The zero-order valence-corrected chi connectivity index (χ0v) is 20.6. The van der Waals surface area contributed by atoms with E-state index in [0.717, 1.165) is 0 Å². The SMILES string of the molecule is Cc1cncc(C)c1.Cc1cncc(C)c1.Cc1cncc(C)c1.[Cl][Cr]([Cl])[Cl]. The molecule has 0 saturated carbocycles. The van der Waals surface area contributed by atoms with Gasteiger partial charge in [0.25, 0.3) is 0 Å². The summed E-state index contributed by atoms with van der Waals surface area (Å²) in [5.74, 6) is 0. The van der Waals surface area contributed by atoms with Gasteiger partial charge in [0.15, 0.2) is 0 Å². The Morgan fingerprint density at radius 1 is 0.464 bits per heavy atom. The summed E-state index contributed by atoms with van der Waals surface area (Å²) in [6, 6.07) is 6.31. The third-order valence-electron chi connectivity index (χ3n) is 3.04. The fraction of sp³-hybridized carbons (Fsp3) is 0.286. The van der Waals surface area contributed by atoms with Gasteiger partial charge < -0.3 is 0 Å². The Hall–Kier alpha value is -1.15. The van der Waals surface area contributed by atoms with Gasteiger partial charge in [-0.25, -0.2) is 0 Å².